The lowest BCUT2D eigenvalue weighted by molar-refractivity contribution is -0.130. The molecule has 2 aromatic carbocycles. The van der Waals surface area contributed by atoms with Crippen LogP contribution in [0.1, 0.15) is 38.1 Å². The van der Waals surface area contributed by atoms with Gasteiger partial charge in [0.2, 0.25) is 5.91 Å². The number of amides is 2. The van der Waals surface area contributed by atoms with Gasteiger partial charge in [0.15, 0.2) is 6.10 Å². The Morgan fingerprint density at radius 3 is 2.36 bits per heavy atom. The van der Waals surface area contributed by atoms with Crippen molar-refractivity contribution in [3.63, 3.8) is 0 Å². The van der Waals surface area contributed by atoms with Gasteiger partial charge in [-0.2, -0.15) is 5.26 Å². The second-order valence-electron chi connectivity index (χ2n) is 7.85. The number of rotatable bonds is 9. The number of benzene rings is 2. The molecule has 0 aliphatic rings. The standard InChI is InChI=1S/C24H26FN3O4S/c1-15(2)24(4,14-26)28-22(30)16(3)32-23(31)19-7-5-6-8-20(19)33-13-21(29)27-18-11-9-17(25)10-12-18/h5-12,15-16H,13H2,1-4H3,(H,27,29)(H,28,30). The first-order chi connectivity index (χ1) is 15.6. The van der Waals surface area contributed by atoms with E-state index in [0.29, 0.717) is 10.6 Å². The Morgan fingerprint density at radius 1 is 1.12 bits per heavy atom. The van der Waals surface area contributed by atoms with Crippen molar-refractivity contribution in [2.75, 3.05) is 11.1 Å². The lowest BCUT2D eigenvalue weighted by atomic mass is 9.90. The lowest BCUT2D eigenvalue weighted by Crippen LogP contribution is -2.52. The Hall–Kier alpha value is -3.38. The van der Waals surface area contributed by atoms with Crippen molar-refractivity contribution in [2.24, 2.45) is 5.92 Å². The predicted molar refractivity (Wildman–Crippen MR) is 124 cm³/mol. The number of thioether (sulfide) groups is 1. The minimum atomic E-state index is -1.12. The van der Waals surface area contributed by atoms with Gasteiger partial charge in [0, 0.05) is 10.6 Å². The van der Waals surface area contributed by atoms with Crippen molar-refractivity contribution in [3.8, 4) is 6.07 Å². The van der Waals surface area contributed by atoms with E-state index in [4.69, 9.17) is 4.74 Å². The summed E-state index contributed by atoms with van der Waals surface area (Å²) >= 11 is 1.13. The number of nitriles is 1. The normalized spacial score (nSPS) is 13.4. The van der Waals surface area contributed by atoms with Gasteiger partial charge in [0.1, 0.15) is 11.4 Å². The quantitative estimate of drug-likeness (QED) is 0.420. The zero-order valence-electron chi connectivity index (χ0n) is 18.8. The number of nitrogens with one attached hydrogen (secondary N) is 2. The fourth-order valence-electron chi connectivity index (χ4n) is 2.57. The van der Waals surface area contributed by atoms with E-state index in [1.165, 1.54) is 31.2 Å². The summed E-state index contributed by atoms with van der Waals surface area (Å²) < 4.78 is 18.3. The van der Waals surface area contributed by atoms with Crippen LogP contribution in [0.4, 0.5) is 10.1 Å². The third-order valence-electron chi connectivity index (χ3n) is 5.02. The van der Waals surface area contributed by atoms with Crippen LogP contribution in [-0.2, 0) is 14.3 Å². The van der Waals surface area contributed by atoms with Gasteiger partial charge in [-0.15, -0.1) is 11.8 Å². The number of hydrogen-bond acceptors (Lipinski definition) is 6. The van der Waals surface area contributed by atoms with Crippen LogP contribution in [0, 0.1) is 23.1 Å². The number of hydrogen-bond donors (Lipinski definition) is 2. The first kappa shape index (κ1) is 25.9. The Morgan fingerprint density at radius 2 is 1.76 bits per heavy atom. The number of halogens is 1. The average molecular weight is 472 g/mol. The molecule has 2 N–H and O–H groups in total. The van der Waals surface area contributed by atoms with E-state index in [1.807, 2.05) is 0 Å². The highest BCUT2D eigenvalue weighted by Crippen LogP contribution is 2.24. The van der Waals surface area contributed by atoms with Crippen LogP contribution in [0.2, 0.25) is 0 Å². The molecule has 0 heterocycles. The molecule has 0 bridgehead atoms. The summed E-state index contributed by atoms with van der Waals surface area (Å²) in [6, 6.07) is 14.0. The first-order valence-corrected chi connectivity index (χ1v) is 11.3. The van der Waals surface area contributed by atoms with E-state index < -0.39 is 29.3 Å². The SMILES string of the molecule is CC(OC(=O)c1ccccc1SCC(=O)Nc1ccc(F)cc1)C(=O)NC(C)(C#N)C(C)C. The van der Waals surface area contributed by atoms with Gasteiger partial charge in [-0.1, -0.05) is 26.0 Å². The summed E-state index contributed by atoms with van der Waals surface area (Å²) in [5.74, 6) is -2.17. The van der Waals surface area contributed by atoms with Crippen LogP contribution >= 0.6 is 11.8 Å². The molecule has 0 spiro atoms. The average Bonchev–Trinajstić information content (AvgIpc) is 2.79. The molecule has 0 aliphatic heterocycles. The van der Waals surface area contributed by atoms with Crippen molar-refractivity contribution in [1.29, 1.82) is 5.26 Å². The minimum absolute atomic E-state index is 0.00657. The molecule has 0 aliphatic carbocycles. The summed E-state index contributed by atoms with van der Waals surface area (Å²) in [5.41, 5.74) is -0.424. The highest BCUT2D eigenvalue weighted by molar-refractivity contribution is 8.00. The zero-order chi connectivity index (χ0) is 24.6. The number of ether oxygens (including phenoxy) is 1. The fourth-order valence-corrected chi connectivity index (χ4v) is 3.41. The van der Waals surface area contributed by atoms with Crippen molar-refractivity contribution in [1.82, 2.24) is 5.32 Å². The fraction of sp³-hybridized carbons (Fsp3) is 0.333. The largest absolute Gasteiger partial charge is 0.449 e. The number of nitrogens with zero attached hydrogens (tertiary/aromatic N) is 1. The minimum Gasteiger partial charge on any atom is -0.449 e. The summed E-state index contributed by atoms with van der Waals surface area (Å²) in [5, 5.41) is 14.6. The van der Waals surface area contributed by atoms with Crippen LogP contribution < -0.4 is 10.6 Å². The molecular weight excluding hydrogens is 445 g/mol. The second-order valence-corrected chi connectivity index (χ2v) is 8.86. The first-order valence-electron chi connectivity index (χ1n) is 10.3. The lowest BCUT2D eigenvalue weighted by Gasteiger charge is -2.28. The van der Waals surface area contributed by atoms with Gasteiger partial charge in [-0.25, -0.2) is 9.18 Å². The summed E-state index contributed by atoms with van der Waals surface area (Å²) in [4.78, 5) is 37.9. The Labute approximate surface area is 196 Å². The molecule has 2 unspecified atom stereocenters. The van der Waals surface area contributed by atoms with Crippen LogP contribution in [-0.4, -0.2) is 35.2 Å². The van der Waals surface area contributed by atoms with Crippen molar-refractivity contribution < 1.29 is 23.5 Å². The highest BCUT2D eigenvalue weighted by Gasteiger charge is 2.32. The molecule has 2 rings (SSSR count). The monoisotopic (exact) mass is 471 g/mol. The maximum atomic E-state index is 13.0. The molecule has 0 fully saturated rings. The van der Waals surface area contributed by atoms with E-state index in [-0.39, 0.29) is 23.1 Å². The van der Waals surface area contributed by atoms with E-state index in [0.717, 1.165) is 11.8 Å². The predicted octanol–water partition coefficient (Wildman–Crippen LogP) is 4.16. The molecule has 7 nitrogen and oxygen atoms in total. The van der Waals surface area contributed by atoms with Gasteiger partial charge in [-0.05, 0) is 56.2 Å². The molecule has 0 saturated heterocycles. The maximum absolute atomic E-state index is 13.0. The number of esters is 1. The van der Waals surface area contributed by atoms with Gasteiger partial charge in [0.05, 0.1) is 17.4 Å². The van der Waals surface area contributed by atoms with Gasteiger partial charge < -0.3 is 15.4 Å². The van der Waals surface area contributed by atoms with Gasteiger partial charge in [0.25, 0.3) is 5.91 Å². The van der Waals surface area contributed by atoms with E-state index in [9.17, 15) is 24.0 Å². The van der Waals surface area contributed by atoms with Crippen LogP contribution in [0.15, 0.2) is 53.4 Å². The number of carbonyl (C=O) groups excluding carboxylic acids is 3. The Kier molecular flexibility index (Phi) is 9.00. The zero-order valence-corrected chi connectivity index (χ0v) is 19.7. The summed E-state index contributed by atoms with van der Waals surface area (Å²) in [7, 11) is 0. The molecule has 0 radical (unpaired) electrons. The van der Waals surface area contributed by atoms with Gasteiger partial charge in [-0.3, -0.25) is 9.59 Å². The molecule has 2 atom stereocenters. The number of anilines is 1. The van der Waals surface area contributed by atoms with E-state index >= 15 is 0 Å². The van der Waals surface area contributed by atoms with E-state index in [1.54, 1.807) is 45.0 Å². The van der Waals surface area contributed by atoms with E-state index in [2.05, 4.69) is 16.7 Å². The topological polar surface area (TPSA) is 108 Å². The smallest absolute Gasteiger partial charge is 0.340 e. The molecule has 2 amide bonds. The highest BCUT2D eigenvalue weighted by atomic mass is 32.2. The number of carbonyl (C=O) groups is 3. The van der Waals surface area contributed by atoms with Crippen molar-refractivity contribution >= 4 is 35.2 Å². The second kappa shape index (κ2) is 11.5. The third kappa shape index (κ3) is 7.32. The van der Waals surface area contributed by atoms with Crippen LogP contribution in [0.5, 0.6) is 0 Å². The molecule has 2 aromatic rings. The Bertz CT molecular complexity index is 1050. The molecule has 174 valence electrons. The Balaban J connectivity index is 2.00. The van der Waals surface area contributed by atoms with Gasteiger partial charge >= 0.3 is 5.97 Å². The molecule has 9 heteroatoms. The molecular formula is C24H26FN3O4S. The third-order valence-corrected chi connectivity index (χ3v) is 6.09. The van der Waals surface area contributed by atoms with Crippen LogP contribution in [0.25, 0.3) is 0 Å². The molecule has 0 aromatic heterocycles. The molecule has 33 heavy (non-hydrogen) atoms. The van der Waals surface area contributed by atoms with Crippen molar-refractivity contribution in [2.45, 2.75) is 44.2 Å². The summed E-state index contributed by atoms with van der Waals surface area (Å²) in [6.45, 7) is 6.64. The summed E-state index contributed by atoms with van der Waals surface area (Å²) in [6.07, 6.45) is -1.12. The van der Waals surface area contributed by atoms with Crippen LogP contribution in [0.3, 0.4) is 0 Å². The molecule has 0 saturated carbocycles. The van der Waals surface area contributed by atoms with Crippen molar-refractivity contribution in [3.05, 3.63) is 59.9 Å². The maximum Gasteiger partial charge on any atom is 0.340 e.